The molecule has 0 atom stereocenters. The van der Waals surface area contributed by atoms with Gasteiger partial charge in [-0.15, -0.1) is 0 Å². The van der Waals surface area contributed by atoms with Crippen molar-refractivity contribution in [3.63, 3.8) is 0 Å². The van der Waals surface area contributed by atoms with Crippen molar-refractivity contribution in [2.24, 2.45) is 0 Å². The highest BCUT2D eigenvalue weighted by Gasteiger charge is 2.04. The lowest BCUT2D eigenvalue weighted by atomic mass is 10.1. The first kappa shape index (κ1) is 15.8. The van der Waals surface area contributed by atoms with Crippen molar-refractivity contribution in [2.45, 2.75) is 13.3 Å². The minimum absolute atomic E-state index is 0.716. The summed E-state index contributed by atoms with van der Waals surface area (Å²) in [5, 5.41) is 3.30. The van der Waals surface area contributed by atoms with Crippen LogP contribution in [-0.2, 0) is 6.42 Å². The first-order chi connectivity index (χ1) is 11.6. The molecule has 0 aliphatic heterocycles. The molecule has 0 radical (unpaired) electrons. The Morgan fingerprint density at radius 1 is 1.08 bits per heavy atom. The molecule has 0 amide bonds. The molecule has 0 fully saturated rings. The number of anilines is 2. The highest BCUT2D eigenvalue weighted by Crippen LogP contribution is 2.24. The lowest BCUT2D eigenvalue weighted by Gasteiger charge is -2.13. The Hall–Kier alpha value is -3.07. The molecule has 3 aromatic rings. The van der Waals surface area contributed by atoms with Gasteiger partial charge in [-0.25, -0.2) is 0 Å². The third kappa shape index (κ3) is 3.82. The van der Waals surface area contributed by atoms with E-state index in [0.717, 1.165) is 34.6 Å². The average Bonchev–Trinajstić information content (AvgIpc) is 2.60. The number of nitrogens with zero attached hydrogens (tertiary/aromatic N) is 1. The molecule has 0 saturated carbocycles. The van der Waals surface area contributed by atoms with Gasteiger partial charge in [-0.05, 0) is 47.9 Å². The maximum atomic E-state index is 6.02. The van der Waals surface area contributed by atoms with Crippen LogP contribution in [0.15, 0.2) is 73.4 Å². The molecule has 3 N–H and O–H groups in total. The van der Waals surface area contributed by atoms with Gasteiger partial charge < -0.3 is 11.1 Å². The molecular formula is C21H21N3. The van der Waals surface area contributed by atoms with E-state index in [2.05, 4.69) is 41.1 Å². The van der Waals surface area contributed by atoms with E-state index in [-0.39, 0.29) is 0 Å². The zero-order valence-corrected chi connectivity index (χ0v) is 13.8. The number of pyridine rings is 1. The molecule has 120 valence electrons. The SMILES string of the molecule is C=C(Nc1cc(C)ccc1N)c1ccc(Cc2ccccn2)cc1. The fraction of sp³-hybridized carbons (Fsp3) is 0.0952. The van der Waals surface area contributed by atoms with Crippen molar-refractivity contribution in [3.8, 4) is 0 Å². The normalized spacial score (nSPS) is 10.4. The van der Waals surface area contributed by atoms with Crippen LogP contribution in [0.25, 0.3) is 5.70 Å². The number of hydrogen-bond donors (Lipinski definition) is 2. The molecule has 1 aromatic heterocycles. The summed E-state index contributed by atoms with van der Waals surface area (Å²) >= 11 is 0. The topological polar surface area (TPSA) is 50.9 Å². The van der Waals surface area contributed by atoms with Crippen LogP contribution >= 0.6 is 0 Å². The third-order valence-electron chi connectivity index (χ3n) is 3.91. The van der Waals surface area contributed by atoms with E-state index in [1.165, 1.54) is 5.56 Å². The van der Waals surface area contributed by atoms with Crippen molar-refractivity contribution in [3.05, 3.63) is 95.8 Å². The van der Waals surface area contributed by atoms with E-state index < -0.39 is 0 Å². The van der Waals surface area contributed by atoms with Gasteiger partial charge in [-0.3, -0.25) is 4.98 Å². The summed E-state index contributed by atoms with van der Waals surface area (Å²) in [5.41, 5.74) is 12.9. The molecule has 1 heterocycles. The fourth-order valence-electron chi connectivity index (χ4n) is 2.55. The number of rotatable bonds is 5. The maximum absolute atomic E-state index is 6.02. The summed E-state index contributed by atoms with van der Waals surface area (Å²) in [4.78, 5) is 4.36. The Bertz CT molecular complexity index is 837. The minimum Gasteiger partial charge on any atom is -0.397 e. The van der Waals surface area contributed by atoms with Gasteiger partial charge in [-0.1, -0.05) is 43.0 Å². The number of nitrogen functional groups attached to an aromatic ring is 1. The first-order valence-corrected chi connectivity index (χ1v) is 7.93. The summed E-state index contributed by atoms with van der Waals surface area (Å²) in [7, 11) is 0. The third-order valence-corrected chi connectivity index (χ3v) is 3.91. The summed E-state index contributed by atoms with van der Waals surface area (Å²) in [6.07, 6.45) is 2.65. The Morgan fingerprint density at radius 2 is 1.88 bits per heavy atom. The Balaban J connectivity index is 1.71. The minimum atomic E-state index is 0.716. The molecule has 3 nitrogen and oxygen atoms in total. The quantitative estimate of drug-likeness (QED) is 0.674. The predicted molar refractivity (Wildman–Crippen MR) is 102 cm³/mol. The standard InChI is InChI=1S/C21H21N3/c1-15-6-11-20(22)21(13-15)24-16(2)18-9-7-17(8-10-18)14-19-5-3-4-12-23-19/h3-13,24H,2,14,22H2,1H3. The smallest absolute Gasteiger partial charge is 0.0620 e. The molecular weight excluding hydrogens is 294 g/mol. The van der Waals surface area contributed by atoms with E-state index in [9.17, 15) is 0 Å². The van der Waals surface area contributed by atoms with Crippen LogP contribution in [0.3, 0.4) is 0 Å². The van der Waals surface area contributed by atoms with E-state index in [4.69, 9.17) is 5.73 Å². The van der Waals surface area contributed by atoms with Crippen LogP contribution in [0.5, 0.6) is 0 Å². The predicted octanol–water partition coefficient (Wildman–Crippen LogP) is 4.65. The second-order valence-corrected chi connectivity index (χ2v) is 5.89. The Morgan fingerprint density at radius 3 is 2.58 bits per heavy atom. The van der Waals surface area contributed by atoms with Gasteiger partial charge in [0.25, 0.3) is 0 Å². The molecule has 0 bridgehead atoms. The van der Waals surface area contributed by atoms with E-state index in [1.807, 2.05) is 49.5 Å². The van der Waals surface area contributed by atoms with Crippen LogP contribution in [0.4, 0.5) is 11.4 Å². The van der Waals surface area contributed by atoms with Crippen molar-refractivity contribution >= 4 is 17.1 Å². The largest absolute Gasteiger partial charge is 0.397 e. The highest BCUT2D eigenvalue weighted by molar-refractivity contribution is 5.81. The second-order valence-electron chi connectivity index (χ2n) is 5.89. The Kier molecular flexibility index (Phi) is 4.62. The number of aromatic nitrogens is 1. The summed E-state index contributed by atoms with van der Waals surface area (Å²) in [6.45, 7) is 6.17. The van der Waals surface area contributed by atoms with Gasteiger partial charge in [0.1, 0.15) is 0 Å². The highest BCUT2D eigenvalue weighted by atomic mass is 14.9. The maximum Gasteiger partial charge on any atom is 0.0620 e. The first-order valence-electron chi connectivity index (χ1n) is 7.93. The van der Waals surface area contributed by atoms with Crippen molar-refractivity contribution in [1.29, 1.82) is 0 Å². The van der Waals surface area contributed by atoms with E-state index in [0.29, 0.717) is 5.69 Å². The summed E-state index contributed by atoms with van der Waals surface area (Å²) in [5.74, 6) is 0. The van der Waals surface area contributed by atoms with E-state index in [1.54, 1.807) is 0 Å². The van der Waals surface area contributed by atoms with Gasteiger partial charge in [0, 0.05) is 24.0 Å². The van der Waals surface area contributed by atoms with Crippen LogP contribution in [0.1, 0.15) is 22.4 Å². The second kappa shape index (κ2) is 7.01. The van der Waals surface area contributed by atoms with Crippen LogP contribution in [0.2, 0.25) is 0 Å². The summed E-state index contributed by atoms with van der Waals surface area (Å²) < 4.78 is 0. The fourth-order valence-corrected chi connectivity index (χ4v) is 2.55. The van der Waals surface area contributed by atoms with Gasteiger partial charge in [0.15, 0.2) is 0 Å². The molecule has 3 heteroatoms. The number of nitrogens with two attached hydrogens (primary N) is 1. The Labute approximate surface area is 142 Å². The van der Waals surface area contributed by atoms with Crippen molar-refractivity contribution in [2.75, 3.05) is 11.1 Å². The van der Waals surface area contributed by atoms with Crippen molar-refractivity contribution in [1.82, 2.24) is 4.98 Å². The molecule has 3 rings (SSSR count). The van der Waals surface area contributed by atoms with E-state index >= 15 is 0 Å². The molecule has 0 aliphatic carbocycles. The lowest BCUT2D eigenvalue weighted by Crippen LogP contribution is -2.01. The van der Waals surface area contributed by atoms with Gasteiger partial charge in [0.2, 0.25) is 0 Å². The molecule has 0 spiro atoms. The van der Waals surface area contributed by atoms with Crippen LogP contribution < -0.4 is 11.1 Å². The molecule has 0 aliphatic rings. The number of aryl methyl sites for hydroxylation is 1. The van der Waals surface area contributed by atoms with Gasteiger partial charge >= 0.3 is 0 Å². The zero-order chi connectivity index (χ0) is 16.9. The zero-order valence-electron chi connectivity index (χ0n) is 13.8. The molecule has 0 saturated heterocycles. The number of hydrogen-bond acceptors (Lipinski definition) is 3. The van der Waals surface area contributed by atoms with Gasteiger partial charge in [0.05, 0.1) is 11.4 Å². The number of nitrogens with one attached hydrogen (secondary N) is 1. The average molecular weight is 315 g/mol. The van der Waals surface area contributed by atoms with Gasteiger partial charge in [-0.2, -0.15) is 0 Å². The number of benzene rings is 2. The molecule has 0 unspecified atom stereocenters. The molecule has 24 heavy (non-hydrogen) atoms. The summed E-state index contributed by atoms with van der Waals surface area (Å²) in [6, 6.07) is 20.3. The lowest BCUT2D eigenvalue weighted by molar-refractivity contribution is 1.07. The van der Waals surface area contributed by atoms with Crippen molar-refractivity contribution < 1.29 is 0 Å². The van der Waals surface area contributed by atoms with Crippen LogP contribution in [-0.4, -0.2) is 4.98 Å². The van der Waals surface area contributed by atoms with Crippen LogP contribution in [0, 0.1) is 6.92 Å². The monoisotopic (exact) mass is 315 g/mol. The molecule has 2 aromatic carbocycles.